The van der Waals surface area contributed by atoms with Crippen LogP contribution in [0.2, 0.25) is 0 Å². The molecule has 0 saturated heterocycles. The molecule has 1 heterocycles. The molecule has 3 amide bonds. The summed E-state index contributed by atoms with van der Waals surface area (Å²) < 4.78 is 0.930. The maximum absolute atomic E-state index is 13.4. The fraction of sp³-hybridized carbons (Fsp3) is 0.0294. The number of halogens is 1. The zero-order valence-electron chi connectivity index (χ0n) is 22.7. The molecular weight excluding hydrogens is 642 g/mol. The zero-order valence-corrected chi connectivity index (χ0v) is 25.9. The van der Waals surface area contributed by atoms with Crippen LogP contribution in [0.4, 0.5) is 11.4 Å². The van der Waals surface area contributed by atoms with Crippen LogP contribution in [0.1, 0.15) is 26.0 Å². The van der Waals surface area contributed by atoms with Crippen LogP contribution in [0.5, 0.6) is 0 Å². The molecule has 0 aliphatic carbocycles. The van der Waals surface area contributed by atoms with E-state index in [1.165, 1.54) is 23.1 Å². The van der Waals surface area contributed by atoms with Crippen molar-refractivity contribution >= 4 is 74.2 Å². The summed E-state index contributed by atoms with van der Waals surface area (Å²) >= 11 is 6.29. The third kappa shape index (κ3) is 8.54. The molecule has 1 aromatic heterocycles. The minimum Gasteiger partial charge on any atom is -0.325 e. The molecule has 6 nitrogen and oxygen atoms in total. The molecule has 1 atom stereocenters. The Morgan fingerprint density at radius 3 is 2.00 bits per heavy atom. The standard InChI is InChI=1S/C34H26BrN3O3S2/c35-25-13-15-26(16-14-25)37-34(41)31(23-8-3-1-4-9-23)43-28-19-17-27(18-20-28)36-33(40)30(22-29-12-7-21-42-29)38-32(39)24-10-5-2-6-11-24/h1-22,31H,(H,36,40)(H,37,41)(H,38,39)/b30-22-. The Bertz CT molecular complexity index is 1710. The van der Waals surface area contributed by atoms with Gasteiger partial charge in [0.05, 0.1) is 0 Å². The molecule has 0 radical (unpaired) electrons. The maximum Gasteiger partial charge on any atom is 0.272 e. The number of carbonyl (C=O) groups excluding carboxylic acids is 3. The SMILES string of the molecule is O=C(Nc1ccc(SC(C(=O)Nc2ccc(Br)cc2)c2ccccc2)cc1)/C(=C/c1cccs1)NC(=O)c1ccccc1. The van der Waals surface area contributed by atoms with E-state index in [1.54, 1.807) is 42.5 Å². The number of thioether (sulfide) groups is 1. The molecule has 0 aliphatic heterocycles. The number of benzene rings is 4. The molecule has 5 aromatic rings. The van der Waals surface area contributed by atoms with Crippen LogP contribution in [-0.2, 0) is 9.59 Å². The van der Waals surface area contributed by atoms with E-state index in [9.17, 15) is 14.4 Å². The van der Waals surface area contributed by atoms with Gasteiger partial charge in [0.15, 0.2) is 0 Å². The third-order valence-corrected chi connectivity index (χ3v) is 8.79. The van der Waals surface area contributed by atoms with Crippen molar-refractivity contribution in [3.63, 3.8) is 0 Å². The van der Waals surface area contributed by atoms with Gasteiger partial charge in [0.2, 0.25) is 5.91 Å². The lowest BCUT2D eigenvalue weighted by Gasteiger charge is -2.17. The first kappa shape index (κ1) is 30.0. The average Bonchev–Trinajstić information content (AvgIpc) is 3.55. The summed E-state index contributed by atoms with van der Waals surface area (Å²) in [6, 6.07) is 36.8. The molecule has 0 bridgehead atoms. The number of hydrogen-bond donors (Lipinski definition) is 3. The van der Waals surface area contributed by atoms with Gasteiger partial charge in [-0.1, -0.05) is 70.5 Å². The highest BCUT2D eigenvalue weighted by atomic mass is 79.9. The Morgan fingerprint density at radius 2 is 1.35 bits per heavy atom. The molecule has 0 fully saturated rings. The molecule has 9 heteroatoms. The fourth-order valence-corrected chi connectivity index (χ4v) is 6.00. The van der Waals surface area contributed by atoms with Crippen LogP contribution in [0.25, 0.3) is 6.08 Å². The molecule has 0 spiro atoms. The summed E-state index contributed by atoms with van der Waals surface area (Å²) in [7, 11) is 0. The lowest BCUT2D eigenvalue weighted by Crippen LogP contribution is -2.30. The topological polar surface area (TPSA) is 87.3 Å². The number of hydrogen-bond acceptors (Lipinski definition) is 5. The Morgan fingerprint density at radius 1 is 0.721 bits per heavy atom. The first-order valence-electron chi connectivity index (χ1n) is 13.3. The van der Waals surface area contributed by atoms with Gasteiger partial charge in [0.25, 0.3) is 11.8 Å². The van der Waals surface area contributed by atoms with Crippen molar-refractivity contribution in [2.75, 3.05) is 10.6 Å². The summed E-state index contributed by atoms with van der Waals surface area (Å²) in [6.45, 7) is 0. The van der Waals surface area contributed by atoms with E-state index in [-0.39, 0.29) is 17.5 Å². The van der Waals surface area contributed by atoms with E-state index in [2.05, 4.69) is 31.9 Å². The number of nitrogens with one attached hydrogen (secondary N) is 3. The van der Waals surface area contributed by atoms with Crippen molar-refractivity contribution in [2.45, 2.75) is 10.1 Å². The molecule has 5 rings (SSSR count). The quantitative estimate of drug-likeness (QED) is 0.103. The van der Waals surface area contributed by atoms with Crippen molar-refractivity contribution < 1.29 is 14.4 Å². The summed E-state index contributed by atoms with van der Waals surface area (Å²) in [5.41, 5.74) is 2.71. The number of amides is 3. The van der Waals surface area contributed by atoms with E-state index >= 15 is 0 Å². The van der Waals surface area contributed by atoms with E-state index < -0.39 is 11.2 Å². The Labute approximate surface area is 266 Å². The van der Waals surface area contributed by atoms with E-state index in [1.807, 2.05) is 90.3 Å². The first-order chi connectivity index (χ1) is 20.9. The summed E-state index contributed by atoms with van der Waals surface area (Å²) in [5.74, 6) is -0.971. The number of rotatable bonds is 10. The lowest BCUT2D eigenvalue weighted by molar-refractivity contribution is -0.116. The summed E-state index contributed by atoms with van der Waals surface area (Å²) in [5, 5.41) is 10.0. The van der Waals surface area contributed by atoms with Gasteiger partial charge < -0.3 is 16.0 Å². The lowest BCUT2D eigenvalue weighted by atomic mass is 10.1. The predicted octanol–water partition coefficient (Wildman–Crippen LogP) is 8.39. The van der Waals surface area contributed by atoms with Gasteiger partial charge in [-0.3, -0.25) is 14.4 Å². The second kappa shape index (κ2) is 14.6. The van der Waals surface area contributed by atoms with Gasteiger partial charge in [0.1, 0.15) is 10.9 Å². The van der Waals surface area contributed by atoms with E-state index in [0.717, 1.165) is 19.8 Å². The van der Waals surface area contributed by atoms with Crippen LogP contribution < -0.4 is 16.0 Å². The fourth-order valence-electron chi connectivity index (χ4n) is 4.05. The van der Waals surface area contributed by atoms with Gasteiger partial charge in [-0.25, -0.2) is 0 Å². The van der Waals surface area contributed by atoms with Gasteiger partial charge in [-0.2, -0.15) is 0 Å². The largest absolute Gasteiger partial charge is 0.325 e. The van der Waals surface area contributed by atoms with Crippen molar-refractivity contribution in [1.82, 2.24) is 5.32 Å². The zero-order chi connectivity index (χ0) is 30.0. The second-order valence-electron chi connectivity index (χ2n) is 9.28. The Kier molecular flexibility index (Phi) is 10.2. The minimum atomic E-state index is -0.501. The third-order valence-electron chi connectivity index (χ3n) is 6.18. The van der Waals surface area contributed by atoms with Gasteiger partial charge in [-0.15, -0.1) is 23.1 Å². The van der Waals surface area contributed by atoms with Gasteiger partial charge >= 0.3 is 0 Å². The maximum atomic E-state index is 13.4. The highest BCUT2D eigenvalue weighted by Crippen LogP contribution is 2.37. The van der Waals surface area contributed by atoms with Gasteiger partial charge in [0, 0.05) is 31.2 Å². The highest BCUT2D eigenvalue weighted by molar-refractivity contribution is 9.10. The van der Waals surface area contributed by atoms with Crippen molar-refractivity contribution in [3.05, 3.63) is 153 Å². The summed E-state index contributed by atoms with van der Waals surface area (Å²) in [4.78, 5) is 41.2. The molecule has 0 saturated carbocycles. The highest BCUT2D eigenvalue weighted by Gasteiger charge is 2.22. The number of anilines is 2. The van der Waals surface area contributed by atoms with Crippen LogP contribution >= 0.6 is 39.0 Å². The van der Waals surface area contributed by atoms with E-state index in [4.69, 9.17) is 0 Å². The van der Waals surface area contributed by atoms with Crippen molar-refractivity contribution in [3.8, 4) is 0 Å². The average molecular weight is 669 g/mol. The summed E-state index contributed by atoms with van der Waals surface area (Å²) in [6.07, 6.45) is 1.65. The van der Waals surface area contributed by atoms with Crippen LogP contribution in [0, 0.1) is 0 Å². The Hall–Kier alpha value is -4.44. The Balaban J connectivity index is 1.30. The van der Waals surface area contributed by atoms with Crippen molar-refractivity contribution in [1.29, 1.82) is 0 Å². The van der Waals surface area contributed by atoms with Crippen LogP contribution in [-0.4, -0.2) is 17.7 Å². The number of thiophene rings is 1. The second-order valence-corrected chi connectivity index (χ2v) is 12.4. The van der Waals surface area contributed by atoms with Crippen molar-refractivity contribution in [2.24, 2.45) is 0 Å². The molecule has 214 valence electrons. The number of carbonyl (C=O) groups is 3. The van der Waals surface area contributed by atoms with E-state index in [0.29, 0.717) is 16.9 Å². The molecule has 4 aromatic carbocycles. The molecule has 1 unspecified atom stereocenters. The normalized spacial score (nSPS) is 11.8. The van der Waals surface area contributed by atoms with Gasteiger partial charge in [-0.05, 0) is 83.7 Å². The van der Waals surface area contributed by atoms with Crippen LogP contribution in [0.15, 0.2) is 142 Å². The molecule has 0 aliphatic rings. The smallest absolute Gasteiger partial charge is 0.272 e. The van der Waals surface area contributed by atoms with Crippen LogP contribution in [0.3, 0.4) is 0 Å². The molecular formula is C34H26BrN3O3S2. The minimum absolute atomic E-state index is 0.128. The molecule has 3 N–H and O–H groups in total. The predicted molar refractivity (Wildman–Crippen MR) is 179 cm³/mol. The first-order valence-corrected chi connectivity index (χ1v) is 15.8. The monoisotopic (exact) mass is 667 g/mol. The molecule has 43 heavy (non-hydrogen) atoms.